The van der Waals surface area contributed by atoms with Gasteiger partial charge in [0.2, 0.25) is 0 Å². The SMILES string of the molecule is COc1c(C)c(O)c2c(c1C)OC(c1ccc(O)cc1)CC2. The lowest BCUT2D eigenvalue weighted by molar-refractivity contribution is 0.172. The molecule has 0 bridgehead atoms. The fraction of sp³-hybridized carbons (Fsp3) is 0.333. The van der Waals surface area contributed by atoms with Gasteiger partial charge < -0.3 is 19.7 Å². The molecule has 2 aromatic rings. The third-order valence-electron chi connectivity index (χ3n) is 4.32. The maximum atomic E-state index is 10.4. The molecule has 0 amide bonds. The molecule has 0 fully saturated rings. The second-order valence-electron chi connectivity index (χ2n) is 5.68. The summed E-state index contributed by atoms with van der Waals surface area (Å²) in [5, 5.41) is 19.8. The molecule has 0 aliphatic carbocycles. The number of rotatable bonds is 2. The minimum atomic E-state index is -0.0846. The van der Waals surface area contributed by atoms with Gasteiger partial charge in [0.25, 0.3) is 0 Å². The molecule has 1 unspecified atom stereocenters. The average molecular weight is 300 g/mol. The molecule has 0 spiro atoms. The first kappa shape index (κ1) is 14.6. The van der Waals surface area contributed by atoms with Crippen LogP contribution in [0.25, 0.3) is 0 Å². The van der Waals surface area contributed by atoms with Crippen LogP contribution >= 0.6 is 0 Å². The Morgan fingerprint density at radius 2 is 1.77 bits per heavy atom. The van der Waals surface area contributed by atoms with E-state index in [-0.39, 0.29) is 17.6 Å². The molecule has 2 aromatic carbocycles. The highest BCUT2D eigenvalue weighted by atomic mass is 16.5. The highest BCUT2D eigenvalue weighted by Gasteiger charge is 2.28. The van der Waals surface area contributed by atoms with Crippen molar-refractivity contribution in [1.82, 2.24) is 0 Å². The predicted molar refractivity (Wildman–Crippen MR) is 83.9 cm³/mol. The Labute approximate surface area is 129 Å². The Morgan fingerprint density at radius 3 is 2.41 bits per heavy atom. The summed E-state index contributed by atoms with van der Waals surface area (Å²) in [6.45, 7) is 3.80. The van der Waals surface area contributed by atoms with Crippen LogP contribution in [0.2, 0.25) is 0 Å². The Kier molecular flexibility index (Phi) is 3.61. The minimum Gasteiger partial charge on any atom is -0.508 e. The molecular weight excluding hydrogens is 280 g/mol. The summed E-state index contributed by atoms with van der Waals surface area (Å²) in [5.74, 6) is 1.89. The summed E-state index contributed by atoms with van der Waals surface area (Å²) in [6, 6.07) is 7.06. The number of hydrogen-bond acceptors (Lipinski definition) is 4. The molecule has 22 heavy (non-hydrogen) atoms. The van der Waals surface area contributed by atoms with Gasteiger partial charge in [-0.1, -0.05) is 12.1 Å². The van der Waals surface area contributed by atoms with Crippen molar-refractivity contribution in [3.8, 4) is 23.0 Å². The molecule has 0 radical (unpaired) electrons. The van der Waals surface area contributed by atoms with Gasteiger partial charge >= 0.3 is 0 Å². The number of phenolic OH excluding ortho intramolecular Hbond substituents is 2. The lowest BCUT2D eigenvalue weighted by Crippen LogP contribution is -2.17. The third kappa shape index (κ3) is 2.25. The van der Waals surface area contributed by atoms with Crippen LogP contribution in [0.5, 0.6) is 23.0 Å². The minimum absolute atomic E-state index is 0.0846. The Hall–Kier alpha value is -2.36. The smallest absolute Gasteiger partial charge is 0.133 e. The quantitative estimate of drug-likeness (QED) is 0.886. The molecule has 0 aromatic heterocycles. The maximum absolute atomic E-state index is 10.4. The zero-order valence-corrected chi connectivity index (χ0v) is 13.0. The van der Waals surface area contributed by atoms with Crippen molar-refractivity contribution in [2.75, 3.05) is 7.11 Å². The van der Waals surface area contributed by atoms with Crippen molar-refractivity contribution in [1.29, 1.82) is 0 Å². The second kappa shape index (κ2) is 5.44. The van der Waals surface area contributed by atoms with E-state index >= 15 is 0 Å². The molecule has 1 atom stereocenters. The highest BCUT2D eigenvalue weighted by Crippen LogP contribution is 2.47. The van der Waals surface area contributed by atoms with Crippen LogP contribution in [0, 0.1) is 13.8 Å². The van der Waals surface area contributed by atoms with E-state index in [9.17, 15) is 10.2 Å². The first-order chi connectivity index (χ1) is 10.5. The van der Waals surface area contributed by atoms with Gasteiger partial charge in [-0.25, -0.2) is 0 Å². The van der Waals surface area contributed by atoms with E-state index in [1.165, 1.54) is 0 Å². The molecule has 1 heterocycles. The fourth-order valence-corrected chi connectivity index (χ4v) is 3.15. The van der Waals surface area contributed by atoms with Gasteiger partial charge in [0.1, 0.15) is 29.1 Å². The summed E-state index contributed by atoms with van der Waals surface area (Å²) in [7, 11) is 1.60. The number of ether oxygens (including phenoxy) is 2. The van der Waals surface area contributed by atoms with Crippen molar-refractivity contribution < 1.29 is 19.7 Å². The van der Waals surface area contributed by atoms with Gasteiger partial charge in [0, 0.05) is 16.7 Å². The molecule has 2 N–H and O–H groups in total. The Balaban J connectivity index is 2.02. The largest absolute Gasteiger partial charge is 0.508 e. The average Bonchev–Trinajstić information content (AvgIpc) is 2.53. The van der Waals surface area contributed by atoms with Gasteiger partial charge in [-0.05, 0) is 44.4 Å². The van der Waals surface area contributed by atoms with Crippen molar-refractivity contribution in [3.63, 3.8) is 0 Å². The van der Waals surface area contributed by atoms with E-state index in [0.717, 1.165) is 35.1 Å². The summed E-state index contributed by atoms with van der Waals surface area (Å²) in [5.41, 5.74) is 3.54. The number of fused-ring (bicyclic) bond motifs is 1. The van der Waals surface area contributed by atoms with Crippen LogP contribution in [-0.2, 0) is 6.42 Å². The highest BCUT2D eigenvalue weighted by molar-refractivity contribution is 5.62. The van der Waals surface area contributed by atoms with E-state index in [1.54, 1.807) is 19.2 Å². The molecule has 4 nitrogen and oxygen atoms in total. The number of benzene rings is 2. The van der Waals surface area contributed by atoms with Gasteiger partial charge in [0.15, 0.2) is 0 Å². The van der Waals surface area contributed by atoms with Crippen molar-refractivity contribution in [2.24, 2.45) is 0 Å². The molecule has 0 saturated carbocycles. The normalized spacial score (nSPS) is 16.8. The van der Waals surface area contributed by atoms with E-state index in [0.29, 0.717) is 11.5 Å². The summed E-state index contributed by atoms with van der Waals surface area (Å²) >= 11 is 0. The van der Waals surface area contributed by atoms with Gasteiger partial charge in [0.05, 0.1) is 7.11 Å². The summed E-state index contributed by atoms with van der Waals surface area (Å²) in [6.07, 6.45) is 1.45. The van der Waals surface area contributed by atoms with Crippen LogP contribution < -0.4 is 9.47 Å². The molecule has 1 aliphatic rings. The first-order valence-corrected chi connectivity index (χ1v) is 7.37. The van der Waals surface area contributed by atoms with E-state index < -0.39 is 0 Å². The van der Waals surface area contributed by atoms with Gasteiger partial charge in [-0.2, -0.15) is 0 Å². The monoisotopic (exact) mass is 300 g/mol. The molecule has 116 valence electrons. The lowest BCUT2D eigenvalue weighted by atomic mass is 9.92. The number of hydrogen-bond donors (Lipinski definition) is 2. The summed E-state index contributed by atoms with van der Waals surface area (Å²) in [4.78, 5) is 0. The molecule has 4 heteroatoms. The predicted octanol–water partition coefficient (Wildman–Crippen LogP) is 3.79. The van der Waals surface area contributed by atoms with Crippen molar-refractivity contribution in [3.05, 3.63) is 46.5 Å². The molecule has 3 rings (SSSR count). The fourth-order valence-electron chi connectivity index (χ4n) is 3.15. The molecule has 0 saturated heterocycles. The standard InChI is InChI=1S/C18H20O4/c1-10-16(20)14-8-9-15(12-4-6-13(19)7-5-12)22-18(14)11(2)17(10)21-3/h4-7,15,19-20H,8-9H2,1-3H3. The van der Waals surface area contributed by atoms with E-state index in [2.05, 4.69) is 0 Å². The van der Waals surface area contributed by atoms with Crippen LogP contribution in [-0.4, -0.2) is 17.3 Å². The zero-order chi connectivity index (χ0) is 15.9. The van der Waals surface area contributed by atoms with Crippen LogP contribution in [0.4, 0.5) is 0 Å². The lowest BCUT2D eigenvalue weighted by Gasteiger charge is -2.30. The van der Waals surface area contributed by atoms with Gasteiger partial charge in [-0.15, -0.1) is 0 Å². The Morgan fingerprint density at radius 1 is 1.09 bits per heavy atom. The zero-order valence-electron chi connectivity index (χ0n) is 13.0. The van der Waals surface area contributed by atoms with E-state index in [1.807, 2.05) is 26.0 Å². The van der Waals surface area contributed by atoms with Crippen molar-refractivity contribution >= 4 is 0 Å². The second-order valence-corrected chi connectivity index (χ2v) is 5.68. The Bertz CT molecular complexity index is 704. The van der Waals surface area contributed by atoms with Gasteiger partial charge in [-0.3, -0.25) is 0 Å². The maximum Gasteiger partial charge on any atom is 0.133 e. The van der Waals surface area contributed by atoms with Crippen LogP contribution in [0.1, 0.15) is 34.8 Å². The topological polar surface area (TPSA) is 58.9 Å². The third-order valence-corrected chi connectivity index (χ3v) is 4.32. The van der Waals surface area contributed by atoms with Crippen LogP contribution in [0.15, 0.2) is 24.3 Å². The van der Waals surface area contributed by atoms with E-state index in [4.69, 9.17) is 9.47 Å². The number of aromatic hydroxyl groups is 2. The van der Waals surface area contributed by atoms with Crippen LogP contribution in [0.3, 0.4) is 0 Å². The molecular formula is C18H20O4. The first-order valence-electron chi connectivity index (χ1n) is 7.37. The number of methoxy groups -OCH3 is 1. The van der Waals surface area contributed by atoms with Crippen molar-refractivity contribution in [2.45, 2.75) is 32.8 Å². The molecule has 1 aliphatic heterocycles. The number of phenols is 2. The summed E-state index contributed by atoms with van der Waals surface area (Å²) < 4.78 is 11.6.